The summed E-state index contributed by atoms with van der Waals surface area (Å²) in [4.78, 5) is 11.6. The quantitative estimate of drug-likeness (QED) is 0.496. The van der Waals surface area contributed by atoms with Gasteiger partial charge in [0.25, 0.3) is 0 Å². The summed E-state index contributed by atoms with van der Waals surface area (Å²) in [5.41, 5.74) is 0.646. The minimum absolute atomic E-state index is 0.208. The van der Waals surface area contributed by atoms with E-state index in [1.54, 1.807) is 6.07 Å². The van der Waals surface area contributed by atoms with E-state index in [2.05, 4.69) is 22.9 Å². The van der Waals surface area contributed by atoms with E-state index in [0.29, 0.717) is 12.2 Å². The van der Waals surface area contributed by atoms with Crippen molar-refractivity contribution in [3.63, 3.8) is 0 Å². The van der Waals surface area contributed by atoms with Crippen LogP contribution in [0.1, 0.15) is 55.8 Å². The Labute approximate surface area is 115 Å². The maximum atomic E-state index is 11.6. The molecule has 1 aromatic rings. The predicted octanol–water partition coefficient (Wildman–Crippen LogP) is 5.03. The van der Waals surface area contributed by atoms with Gasteiger partial charge in [-0.3, -0.25) is 0 Å². The van der Waals surface area contributed by atoms with Crippen molar-refractivity contribution < 1.29 is 9.53 Å². The van der Waals surface area contributed by atoms with Crippen molar-refractivity contribution in [3.8, 4) is 0 Å². The van der Waals surface area contributed by atoms with E-state index < -0.39 is 0 Å². The molecule has 0 aliphatic carbocycles. The van der Waals surface area contributed by atoms with Gasteiger partial charge in [-0.1, -0.05) is 39.0 Å². The third kappa shape index (κ3) is 6.22. The molecule has 1 heterocycles. The topological polar surface area (TPSA) is 26.3 Å². The van der Waals surface area contributed by atoms with Gasteiger partial charge in [-0.2, -0.15) is 0 Å². The highest BCUT2D eigenvalue weighted by Crippen LogP contribution is 2.21. The second-order valence-electron chi connectivity index (χ2n) is 4.04. The lowest BCUT2D eigenvalue weighted by molar-refractivity contribution is 0.0498. The molecule has 0 aliphatic rings. The summed E-state index contributed by atoms with van der Waals surface area (Å²) in [7, 11) is 0. The highest BCUT2D eigenvalue weighted by atomic mass is 79.9. The SMILES string of the molecule is CCCCCCCCOC(=O)c1csc(Br)c1. The Hall–Kier alpha value is -0.350. The molecule has 0 aromatic carbocycles. The first-order valence-corrected chi connectivity index (χ1v) is 7.82. The molecule has 4 heteroatoms. The molecular formula is C13H19BrO2S. The van der Waals surface area contributed by atoms with Crippen LogP contribution in [0.4, 0.5) is 0 Å². The normalized spacial score (nSPS) is 10.5. The summed E-state index contributed by atoms with van der Waals surface area (Å²) in [6.07, 6.45) is 7.24. The largest absolute Gasteiger partial charge is 0.462 e. The first-order valence-electron chi connectivity index (χ1n) is 6.15. The number of unbranched alkanes of at least 4 members (excludes halogenated alkanes) is 5. The molecular weight excluding hydrogens is 300 g/mol. The minimum Gasteiger partial charge on any atom is -0.462 e. The molecule has 0 radical (unpaired) electrons. The number of ether oxygens (including phenoxy) is 1. The molecule has 0 N–H and O–H groups in total. The van der Waals surface area contributed by atoms with Crippen molar-refractivity contribution in [1.29, 1.82) is 0 Å². The van der Waals surface area contributed by atoms with Gasteiger partial charge in [-0.25, -0.2) is 4.79 Å². The Bertz CT molecular complexity index is 336. The smallest absolute Gasteiger partial charge is 0.339 e. The Kier molecular flexibility index (Phi) is 7.53. The molecule has 1 aromatic heterocycles. The lowest BCUT2D eigenvalue weighted by Crippen LogP contribution is -2.05. The van der Waals surface area contributed by atoms with Crippen molar-refractivity contribution in [3.05, 3.63) is 20.8 Å². The molecule has 0 atom stereocenters. The van der Waals surface area contributed by atoms with Crippen molar-refractivity contribution >= 4 is 33.2 Å². The molecule has 96 valence electrons. The lowest BCUT2D eigenvalue weighted by Gasteiger charge is -2.03. The summed E-state index contributed by atoms with van der Waals surface area (Å²) in [5.74, 6) is -0.208. The van der Waals surface area contributed by atoms with Crippen molar-refractivity contribution in [2.24, 2.45) is 0 Å². The average Bonchev–Trinajstić information content (AvgIpc) is 2.74. The maximum Gasteiger partial charge on any atom is 0.339 e. The molecule has 0 bridgehead atoms. The van der Waals surface area contributed by atoms with Crippen LogP contribution in [0.25, 0.3) is 0 Å². The van der Waals surface area contributed by atoms with E-state index in [9.17, 15) is 4.79 Å². The standard InChI is InChI=1S/C13H19BrO2S/c1-2-3-4-5-6-7-8-16-13(15)11-9-12(14)17-10-11/h9-10H,2-8H2,1H3. The second-order valence-corrected chi connectivity index (χ2v) is 6.33. The molecule has 17 heavy (non-hydrogen) atoms. The highest BCUT2D eigenvalue weighted by molar-refractivity contribution is 9.11. The van der Waals surface area contributed by atoms with Gasteiger partial charge in [0.15, 0.2) is 0 Å². The first-order chi connectivity index (χ1) is 8.24. The summed E-state index contributed by atoms with van der Waals surface area (Å²) in [6, 6.07) is 1.80. The van der Waals surface area contributed by atoms with E-state index in [0.717, 1.165) is 16.6 Å². The zero-order chi connectivity index (χ0) is 12.5. The number of esters is 1. The molecule has 0 saturated carbocycles. The van der Waals surface area contributed by atoms with Gasteiger partial charge in [-0.05, 0) is 28.4 Å². The monoisotopic (exact) mass is 318 g/mol. The van der Waals surface area contributed by atoms with E-state index in [1.807, 2.05) is 5.38 Å². The minimum atomic E-state index is -0.208. The molecule has 0 fully saturated rings. The Balaban J connectivity index is 2.05. The van der Waals surface area contributed by atoms with Crippen LogP contribution < -0.4 is 0 Å². The third-order valence-corrected chi connectivity index (χ3v) is 4.04. The Morgan fingerprint density at radius 3 is 2.65 bits per heavy atom. The number of thiophene rings is 1. The molecule has 0 aliphatic heterocycles. The summed E-state index contributed by atoms with van der Waals surface area (Å²) in [5, 5.41) is 1.81. The van der Waals surface area contributed by atoms with Crippen LogP contribution in [0.3, 0.4) is 0 Å². The zero-order valence-corrected chi connectivity index (χ0v) is 12.6. The Morgan fingerprint density at radius 2 is 2.00 bits per heavy atom. The fourth-order valence-corrected chi connectivity index (χ4v) is 2.67. The summed E-state index contributed by atoms with van der Waals surface area (Å²) >= 11 is 4.83. The first kappa shape index (κ1) is 14.7. The van der Waals surface area contributed by atoms with Gasteiger partial charge >= 0.3 is 5.97 Å². The molecule has 0 unspecified atom stereocenters. The summed E-state index contributed by atoms with van der Waals surface area (Å²) < 4.78 is 6.16. The van der Waals surface area contributed by atoms with E-state index in [-0.39, 0.29) is 5.97 Å². The van der Waals surface area contributed by atoms with Crippen LogP contribution in [0.5, 0.6) is 0 Å². The molecule has 0 spiro atoms. The number of rotatable bonds is 8. The molecule has 1 rings (SSSR count). The highest BCUT2D eigenvalue weighted by Gasteiger charge is 2.08. The molecule has 0 saturated heterocycles. The third-order valence-electron chi connectivity index (χ3n) is 2.53. The number of halogens is 1. The molecule has 0 amide bonds. The van der Waals surface area contributed by atoms with Gasteiger partial charge in [-0.15, -0.1) is 11.3 Å². The maximum absolute atomic E-state index is 11.6. The lowest BCUT2D eigenvalue weighted by atomic mass is 10.1. The second kappa shape index (κ2) is 8.70. The molecule has 2 nitrogen and oxygen atoms in total. The fourth-order valence-electron chi connectivity index (χ4n) is 1.55. The number of hydrogen-bond acceptors (Lipinski definition) is 3. The fraction of sp³-hybridized carbons (Fsp3) is 0.615. The summed E-state index contributed by atoms with van der Waals surface area (Å²) in [6.45, 7) is 2.75. The van der Waals surface area contributed by atoms with Crippen molar-refractivity contribution in [2.45, 2.75) is 45.4 Å². The van der Waals surface area contributed by atoms with Gasteiger partial charge in [0.05, 0.1) is 16.0 Å². The number of carbonyl (C=O) groups excluding carboxylic acids is 1. The van der Waals surface area contributed by atoms with E-state index in [4.69, 9.17) is 4.74 Å². The van der Waals surface area contributed by atoms with Crippen LogP contribution in [0, 0.1) is 0 Å². The van der Waals surface area contributed by atoms with E-state index >= 15 is 0 Å². The number of carbonyl (C=O) groups is 1. The Morgan fingerprint density at radius 1 is 1.29 bits per heavy atom. The van der Waals surface area contributed by atoms with Gasteiger partial charge < -0.3 is 4.74 Å². The number of hydrogen-bond donors (Lipinski definition) is 0. The van der Waals surface area contributed by atoms with Crippen molar-refractivity contribution in [2.75, 3.05) is 6.61 Å². The predicted molar refractivity (Wildman–Crippen MR) is 75.7 cm³/mol. The van der Waals surface area contributed by atoms with Crippen LogP contribution in [-0.2, 0) is 4.74 Å². The average molecular weight is 319 g/mol. The van der Waals surface area contributed by atoms with Crippen LogP contribution in [-0.4, -0.2) is 12.6 Å². The van der Waals surface area contributed by atoms with Crippen molar-refractivity contribution in [1.82, 2.24) is 0 Å². The van der Waals surface area contributed by atoms with Crippen LogP contribution in [0.15, 0.2) is 15.2 Å². The van der Waals surface area contributed by atoms with Crippen LogP contribution in [0.2, 0.25) is 0 Å². The zero-order valence-electron chi connectivity index (χ0n) is 10.2. The van der Waals surface area contributed by atoms with E-state index in [1.165, 1.54) is 37.0 Å². The van der Waals surface area contributed by atoms with Crippen LogP contribution >= 0.6 is 27.3 Å². The van der Waals surface area contributed by atoms with Gasteiger partial charge in [0.1, 0.15) is 0 Å². The van der Waals surface area contributed by atoms with Gasteiger partial charge in [0.2, 0.25) is 0 Å². The van der Waals surface area contributed by atoms with Gasteiger partial charge in [0, 0.05) is 5.38 Å².